The van der Waals surface area contributed by atoms with Crippen molar-refractivity contribution in [3.8, 4) is 0 Å². The van der Waals surface area contributed by atoms with Crippen molar-refractivity contribution in [1.29, 1.82) is 0 Å². The van der Waals surface area contributed by atoms with Crippen molar-refractivity contribution in [3.05, 3.63) is 40.4 Å². The number of anilines is 1. The molecule has 1 amide bonds. The average molecular weight is 355 g/mol. The zero-order chi connectivity index (χ0) is 16.1. The largest absolute Gasteiger partial charge is 0.320 e. The van der Waals surface area contributed by atoms with Gasteiger partial charge in [0.2, 0.25) is 11.0 Å². The Bertz CT molecular complexity index is 627. The lowest BCUT2D eigenvalue weighted by atomic mass is 10.0. The Labute approximate surface area is 147 Å². The minimum atomic E-state index is -0.510. The lowest BCUT2D eigenvalue weighted by Gasteiger charge is -2.12. The van der Waals surface area contributed by atoms with Gasteiger partial charge in [-0.3, -0.25) is 10.1 Å². The van der Waals surface area contributed by atoms with Gasteiger partial charge >= 0.3 is 0 Å². The molecule has 0 unspecified atom stereocenters. The van der Waals surface area contributed by atoms with Gasteiger partial charge in [-0.1, -0.05) is 55.0 Å². The van der Waals surface area contributed by atoms with E-state index in [-0.39, 0.29) is 18.3 Å². The first kappa shape index (κ1) is 19.5. The molecule has 1 atom stereocenters. The molecule has 0 fully saturated rings. The normalized spacial score (nSPS) is 11.9. The van der Waals surface area contributed by atoms with Gasteiger partial charge in [0.25, 0.3) is 0 Å². The second-order valence-electron chi connectivity index (χ2n) is 5.89. The highest BCUT2D eigenvalue weighted by atomic mass is 35.5. The molecule has 1 aromatic heterocycles. The third-order valence-corrected chi connectivity index (χ3v) is 4.07. The summed E-state index contributed by atoms with van der Waals surface area (Å²) in [5, 5.41) is 12.3. The highest BCUT2D eigenvalue weighted by Crippen LogP contribution is 2.19. The molecular weight excluding hydrogens is 332 g/mol. The maximum Gasteiger partial charge on any atom is 0.243 e. The molecule has 0 aliphatic heterocycles. The van der Waals surface area contributed by atoms with E-state index in [4.69, 9.17) is 5.73 Å². The van der Waals surface area contributed by atoms with Crippen LogP contribution in [-0.2, 0) is 11.2 Å². The predicted octanol–water partition coefficient (Wildman–Crippen LogP) is 3.17. The van der Waals surface area contributed by atoms with E-state index in [1.165, 1.54) is 22.5 Å². The third kappa shape index (κ3) is 6.25. The van der Waals surface area contributed by atoms with Gasteiger partial charge in [0.15, 0.2) is 0 Å². The van der Waals surface area contributed by atoms with Gasteiger partial charge in [-0.15, -0.1) is 22.6 Å². The SMILES string of the molecule is Cc1ccc(Cc2nnc(NC(=O)[C@@H](N)CC(C)C)s2)cc1.Cl. The summed E-state index contributed by atoms with van der Waals surface area (Å²) in [6.45, 7) is 6.14. The summed E-state index contributed by atoms with van der Waals surface area (Å²) in [6, 6.07) is 7.79. The number of nitrogens with zero attached hydrogens (tertiary/aromatic N) is 2. The molecule has 2 rings (SSSR count). The smallest absolute Gasteiger partial charge is 0.243 e. The molecular formula is C16H23ClN4OS. The molecule has 0 aliphatic carbocycles. The second kappa shape index (κ2) is 8.96. The van der Waals surface area contributed by atoms with Crippen LogP contribution in [0.4, 0.5) is 5.13 Å². The quantitative estimate of drug-likeness (QED) is 0.834. The minimum absolute atomic E-state index is 0. The second-order valence-corrected chi connectivity index (χ2v) is 6.95. The summed E-state index contributed by atoms with van der Waals surface area (Å²) in [6.07, 6.45) is 1.37. The first-order chi connectivity index (χ1) is 10.4. The van der Waals surface area contributed by atoms with Gasteiger partial charge < -0.3 is 5.73 Å². The van der Waals surface area contributed by atoms with Gasteiger partial charge in [0.1, 0.15) is 5.01 Å². The molecule has 0 spiro atoms. The molecule has 7 heteroatoms. The maximum atomic E-state index is 12.0. The Hall–Kier alpha value is -1.50. The Balaban J connectivity index is 0.00000264. The molecule has 1 heterocycles. The zero-order valence-electron chi connectivity index (χ0n) is 13.6. The van der Waals surface area contributed by atoms with Crippen LogP contribution in [0.15, 0.2) is 24.3 Å². The summed E-state index contributed by atoms with van der Waals surface area (Å²) in [4.78, 5) is 12.0. The highest BCUT2D eigenvalue weighted by Gasteiger charge is 2.17. The van der Waals surface area contributed by atoms with Crippen LogP contribution >= 0.6 is 23.7 Å². The number of hydrogen-bond acceptors (Lipinski definition) is 5. The summed E-state index contributed by atoms with van der Waals surface area (Å²) in [5.74, 6) is 0.180. The van der Waals surface area contributed by atoms with Crippen molar-refractivity contribution in [2.75, 3.05) is 5.32 Å². The molecule has 0 aliphatic rings. The van der Waals surface area contributed by atoms with Gasteiger partial charge in [-0.2, -0.15) is 0 Å². The topological polar surface area (TPSA) is 80.9 Å². The van der Waals surface area contributed by atoms with Crippen LogP contribution in [-0.4, -0.2) is 22.1 Å². The fourth-order valence-corrected chi connectivity index (χ4v) is 2.85. The first-order valence-electron chi connectivity index (χ1n) is 7.38. The monoisotopic (exact) mass is 354 g/mol. The van der Waals surface area contributed by atoms with E-state index in [0.29, 0.717) is 23.9 Å². The number of carbonyl (C=O) groups is 1. The van der Waals surface area contributed by atoms with Crippen LogP contribution in [0.25, 0.3) is 0 Å². The molecule has 5 nitrogen and oxygen atoms in total. The molecule has 0 bridgehead atoms. The number of nitrogens with two attached hydrogens (primary N) is 1. The van der Waals surface area contributed by atoms with Crippen molar-refractivity contribution in [3.63, 3.8) is 0 Å². The van der Waals surface area contributed by atoms with Crippen molar-refractivity contribution < 1.29 is 4.79 Å². The number of nitrogens with one attached hydrogen (secondary N) is 1. The standard InChI is InChI=1S/C16H22N4OS.ClH/c1-10(2)8-13(17)15(21)18-16-20-19-14(22-16)9-12-6-4-11(3)5-7-12;/h4-7,10,13H,8-9,17H2,1-3H3,(H,18,20,21);1H/t13-;/m0./s1. The van der Waals surface area contributed by atoms with E-state index in [2.05, 4.69) is 46.7 Å². The van der Waals surface area contributed by atoms with E-state index in [9.17, 15) is 4.79 Å². The van der Waals surface area contributed by atoms with Crippen LogP contribution < -0.4 is 11.1 Å². The highest BCUT2D eigenvalue weighted by molar-refractivity contribution is 7.15. The Morgan fingerprint density at radius 3 is 2.52 bits per heavy atom. The van der Waals surface area contributed by atoms with Crippen molar-refractivity contribution >= 4 is 34.8 Å². The van der Waals surface area contributed by atoms with E-state index < -0.39 is 6.04 Å². The fraction of sp³-hybridized carbons (Fsp3) is 0.438. The van der Waals surface area contributed by atoms with Gasteiger partial charge in [-0.25, -0.2) is 0 Å². The van der Waals surface area contributed by atoms with E-state index in [1.54, 1.807) is 0 Å². The molecule has 23 heavy (non-hydrogen) atoms. The Morgan fingerprint density at radius 2 is 1.91 bits per heavy atom. The first-order valence-corrected chi connectivity index (χ1v) is 8.20. The molecule has 0 saturated carbocycles. The zero-order valence-corrected chi connectivity index (χ0v) is 15.2. The Morgan fingerprint density at radius 1 is 1.26 bits per heavy atom. The molecule has 126 valence electrons. The van der Waals surface area contributed by atoms with Crippen LogP contribution in [0.3, 0.4) is 0 Å². The summed E-state index contributed by atoms with van der Waals surface area (Å²) < 4.78 is 0. The van der Waals surface area contributed by atoms with Gasteiger partial charge in [-0.05, 0) is 24.8 Å². The van der Waals surface area contributed by atoms with Crippen LogP contribution in [0.2, 0.25) is 0 Å². The number of halogens is 1. The molecule has 2 aromatic rings. The third-order valence-electron chi connectivity index (χ3n) is 3.24. The minimum Gasteiger partial charge on any atom is -0.320 e. The van der Waals surface area contributed by atoms with E-state index in [0.717, 1.165) is 5.01 Å². The summed E-state index contributed by atoms with van der Waals surface area (Å²) in [7, 11) is 0. The summed E-state index contributed by atoms with van der Waals surface area (Å²) >= 11 is 1.39. The predicted molar refractivity (Wildman–Crippen MR) is 97.2 cm³/mol. The van der Waals surface area contributed by atoms with Gasteiger partial charge in [0, 0.05) is 6.42 Å². The molecule has 3 N–H and O–H groups in total. The molecule has 0 radical (unpaired) electrons. The van der Waals surface area contributed by atoms with Crippen molar-refractivity contribution in [2.24, 2.45) is 11.7 Å². The Kier molecular flexibility index (Phi) is 7.61. The van der Waals surface area contributed by atoms with E-state index >= 15 is 0 Å². The van der Waals surface area contributed by atoms with E-state index in [1.807, 2.05) is 13.8 Å². The van der Waals surface area contributed by atoms with Crippen molar-refractivity contribution in [2.45, 2.75) is 39.7 Å². The fourth-order valence-electron chi connectivity index (χ4n) is 2.07. The van der Waals surface area contributed by atoms with Crippen LogP contribution in [0.5, 0.6) is 0 Å². The number of aromatic nitrogens is 2. The van der Waals surface area contributed by atoms with Crippen molar-refractivity contribution in [1.82, 2.24) is 10.2 Å². The lowest BCUT2D eigenvalue weighted by Crippen LogP contribution is -2.36. The molecule has 0 saturated heterocycles. The number of amides is 1. The van der Waals surface area contributed by atoms with Gasteiger partial charge in [0.05, 0.1) is 6.04 Å². The lowest BCUT2D eigenvalue weighted by molar-refractivity contribution is -0.117. The number of hydrogen-bond donors (Lipinski definition) is 2. The van der Waals surface area contributed by atoms with Crippen LogP contribution in [0.1, 0.15) is 36.4 Å². The summed E-state index contributed by atoms with van der Waals surface area (Å²) in [5.41, 5.74) is 8.26. The maximum absolute atomic E-state index is 12.0. The number of aryl methyl sites for hydroxylation is 1. The number of carbonyl (C=O) groups excluding carboxylic acids is 1. The number of benzene rings is 1. The average Bonchev–Trinajstić information content (AvgIpc) is 2.88. The van der Waals surface area contributed by atoms with Crippen LogP contribution in [0, 0.1) is 12.8 Å². The molecule has 1 aromatic carbocycles. The number of rotatable bonds is 6.